The largest absolute Gasteiger partial charge is 0.480 e. The molecule has 4 heteroatoms. The van der Waals surface area contributed by atoms with Crippen LogP contribution in [0.3, 0.4) is 0 Å². The molecule has 0 saturated heterocycles. The zero-order valence-electron chi connectivity index (χ0n) is 7.02. The van der Waals surface area contributed by atoms with Gasteiger partial charge in [-0.3, -0.25) is 10.1 Å². The van der Waals surface area contributed by atoms with E-state index in [1.807, 2.05) is 0 Å². The van der Waals surface area contributed by atoms with Gasteiger partial charge in [-0.15, -0.1) is 0 Å². The first kappa shape index (κ1) is 10.4. The third-order valence-corrected chi connectivity index (χ3v) is 1.06. The maximum Gasteiger partial charge on any atom is 0.323 e. The second kappa shape index (κ2) is 3.67. The third-order valence-electron chi connectivity index (χ3n) is 1.06. The number of hydrogen-bond acceptors (Lipinski definition) is 2. The lowest BCUT2D eigenvalue weighted by molar-refractivity contribution is -0.140. The molecule has 0 aromatic rings. The molecule has 2 N–H and O–H groups in total. The van der Waals surface area contributed by atoms with Crippen molar-refractivity contribution in [3.05, 3.63) is 0 Å². The van der Waals surface area contributed by atoms with Crippen LogP contribution in [0, 0.1) is 0 Å². The predicted octanol–water partition coefficient (Wildman–Crippen LogP) is 0.797. The van der Waals surface area contributed by atoms with Crippen LogP contribution in [0.5, 0.6) is 0 Å². The Morgan fingerprint density at radius 2 is 2.09 bits per heavy atom. The molecular formula is C7H14FNO2. The maximum atomic E-state index is 12.0. The van der Waals surface area contributed by atoms with Gasteiger partial charge in [-0.1, -0.05) is 0 Å². The van der Waals surface area contributed by atoms with E-state index < -0.39 is 18.7 Å². The van der Waals surface area contributed by atoms with Crippen molar-refractivity contribution in [2.45, 2.75) is 32.4 Å². The van der Waals surface area contributed by atoms with Crippen molar-refractivity contribution in [2.75, 3.05) is 6.67 Å². The lowest BCUT2D eigenvalue weighted by atomic mass is 10.1. The van der Waals surface area contributed by atoms with E-state index in [2.05, 4.69) is 5.32 Å². The average Bonchev–Trinajstić information content (AvgIpc) is 1.80. The smallest absolute Gasteiger partial charge is 0.323 e. The second-order valence-electron chi connectivity index (χ2n) is 3.44. The van der Waals surface area contributed by atoms with Crippen LogP contribution in [-0.4, -0.2) is 29.3 Å². The van der Waals surface area contributed by atoms with Gasteiger partial charge < -0.3 is 5.11 Å². The zero-order valence-corrected chi connectivity index (χ0v) is 7.02. The first-order valence-electron chi connectivity index (χ1n) is 3.43. The van der Waals surface area contributed by atoms with Crippen LogP contribution < -0.4 is 5.32 Å². The Morgan fingerprint density at radius 1 is 1.64 bits per heavy atom. The molecular weight excluding hydrogens is 149 g/mol. The molecule has 0 aromatic heterocycles. The number of hydrogen-bond donors (Lipinski definition) is 2. The minimum absolute atomic E-state index is 0.366. The molecule has 0 aromatic carbocycles. The predicted molar refractivity (Wildman–Crippen MR) is 40.3 cm³/mol. The molecule has 0 heterocycles. The molecule has 0 radical (unpaired) electrons. The van der Waals surface area contributed by atoms with Gasteiger partial charge in [0.2, 0.25) is 0 Å². The Hall–Kier alpha value is -0.640. The van der Waals surface area contributed by atoms with Crippen LogP contribution in [0.1, 0.15) is 20.8 Å². The third kappa shape index (κ3) is 4.72. The summed E-state index contributed by atoms with van der Waals surface area (Å²) >= 11 is 0. The van der Waals surface area contributed by atoms with E-state index in [1.54, 1.807) is 20.8 Å². The lowest BCUT2D eigenvalue weighted by Crippen LogP contribution is -2.48. The van der Waals surface area contributed by atoms with Gasteiger partial charge in [0.1, 0.15) is 12.7 Å². The fraction of sp³-hybridized carbons (Fsp3) is 0.857. The summed E-state index contributed by atoms with van der Waals surface area (Å²) < 4.78 is 12.0. The molecule has 0 aliphatic rings. The van der Waals surface area contributed by atoms with E-state index in [0.29, 0.717) is 0 Å². The minimum Gasteiger partial charge on any atom is -0.480 e. The van der Waals surface area contributed by atoms with Gasteiger partial charge in [0, 0.05) is 5.54 Å². The number of carboxylic acids is 1. The number of rotatable bonds is 3. The van der Waals surface area contributed by atoms with E-state index in [-0.39, 0.29) is 5.54 Å². The fourth-order valence-electron chi connectivity index (χ4n) is 0.689. The lowest BCUT2D eigenvalue weighted by Gasteiger charge is -2.23. The summed E-state index contributed by atoms with van der Waals surface area (Å²) in [6.07, 6.45) is 0. The quantitative estimate of drug-likeness (QED) is 0.647. The Kier molecular flexibility index (Phi) is 3.45. The van der Waals surface area contributed by atoms with Crippen molar-refractivity contribution in [1.29, 1.82) is 0 Å². The Bertz CT molecular complexity index is 142. The van der Waals surface area contributed by atoms with Crippen LogP contribution in [0.2, 0.25) is 0 Å². The molecule has 0 rings (SSSR count). The summed E-state index contributed by atoms with van der Waals surface area (Å²) in [5, 5.41) is 11.1. The number of carboxylic acid groups (broad SMARTS) is 1. The highest BCUT2D eigenvalue weighted by Crippen LogP contribution is 2.01. The number of alkyl halides is 1. The molecule has 11 heavy (non-hydrogen) atoms. The van der Waals surface area contributed by atoms with Crippen molar-refractivity contribution in [2.24, 2.45) is 0 Å². The summed E-state index contributed by atoms with van der Waals surface area (Å²) in [4.78, 5) is 10.3. The van der Waals surface area contributed by atoms with Gasteiger partial charge in [-0.2, -0.15) is 0 Å². The average molecular weight is 163 g/mol. The van der Waals surface area contributed by atoms with Gasteiger partial charge in [-0.25, -0.2) is 4.39 Å². The molecule has 0 fully saturated rings. The summed E-state index contributed by atoms with van der Waals surface area (Å²) in [7, 11) is 0. The summed E-state index contributed by atoms with van der Waals surface area (Å²) in [5.41, 5.74) is -0.366. The molecule has 0 spiro atoms. The summed E-state index contributed by atoms with van der Waals surface area (Å²) in [5.74, 6) is -1.15. The van der Waals surface area contributed by atoms with Crippen LogP contribution in [0.25, 0.3) is 0 Å². The van der Waals surface area contributed by atoms with Crippen molar-refractivity contribution < 1.29 is 14.3 Å². The standard InChI is InChI=1S/C7H14FNO2/c1-7(2,3)9-5(4-8)6(10)11/h5,9H,4H2,1-3H3,(H,10,11)/t5-/m0/s1. The first-order chi connectivity index (χ1) is 4.87. The monoisotopic (exact) mass is 163 g/mol. The zero-order chi connectivity index (χ0) is 9.07. The van der Waals surface area contributed by atoms with Gasteiger partial charge in [-0.05, 0) is 20.8 Å². The normalized spacial score (nSPS) is 14.5. The molecule has 0 saturated carbocycles. The van der Waals surface area contributed by atoms with E-state index >= 15 is 0 Å². The maximum absolute atomic E-state index is 12.0. The van der Waals surface area contributed by atoms with Gasteiger partial charge in [0.25, 0.3) is 0 Å². The van der Waals surface area contributed by atoms with Crippen molar-refractivity contribution in [1.82, 2.24) is 5.32 Å². The van der Waals surface area contributed by atoms with Crippen molar-refractivity contribution in [3.63, 3.8) is 0 Å². The molecule has 0 amide bonds. The van der Waals surface area contributed by atoms with Gasteiger partial charge in [0.05, 0.1) is 0 Å². The Labute approximate surface area is 65.6 Å². The molecule has 0 aliphatic heterocycles. The SMILES string of the molecule is CC(C)(C)N[C@@H](CF)C(=O)O. The van der Waals surface area contributed by atoms with E-state index in [4.69, 9.17) is 5.11 Å². The molecule has 0 bridgehead atoms. The summed E-state index contributed by atoms with van der Waals surface area (Å²) in [6, 6.07) is -1.09. The highest BCUT2D eigenvalue weighted by molar-refractivity contribution is 5.73. The number of halogens is 1. The van der Waals surface area contributed by atoms with Crippen LogP contribution >= 0.6 is 0 Å². The summed E-state index contributed by atoms with van der Waals surface area (Å²) in [6.45, 7) is 4.49. The second-order valence-corrected chi connectivity index (χ2v) is 3.44. The molecule has 0 unspecified atom stereocenters. The molecule has 3 nitrogen and oxygen atoms in total. The number of nitrogens with one attached hydrogen (secondary N) is 1. The number of carbonyl (C=O) groups is 1. The Morgan fingerprint density at radius 3 is 2.18 bits per heavy atom. The van der Waals surface area contributed by atoms with Crippen LogP contribution in [0.4, 0.5) is 4.39 Å². The van der Waals surface area contributed by atoms with Crippen LogP contribution in [-0.2, 0) is 4.79 Å². The fourth-order valence-corrected chi connectivity index (χ4v) is 0.689. The van der Waals surface area contributed by atoms with Gasteiger partial charge in [0.15, 0.2) is 0 Å². The highest BCUT2D eigenvalue weighted by Gasteiger charge is 2.22. The van der Waals surface area contributed by atoms with E-state index in [0.717, 1.165) is 0 Å². The Balaban J connectivity index is 3.99. The van der Waals surface area contributed by atoms with Crippen LogP contribution in [0.15, 0.2) is 0 Å². The highest BCUT2D eigenvalue weighted by atomic mass is 19.1. The molecule has 1 atom stereocenters. The van der Waals surface area contributed by atoms with E-state index in [9.17, 15) is 9.18 Å². The van der Waals surface area contributed by atoms with Crippen molar-refractivity contribution in [3.8, 4) is 0 Å². The number of aliphatic carboxylic acids is 1. The molecule has 66 valence electrons. The molecule has 0 aliphatic carbocycles. The van der Waals surface area contributed by atoms with Crippen molar-refractivity contribution >= 4 is 5.97 Å². The first-order valence-corrected chi connectivity index (χ1v) is 3.43. The minimum atomic E-state index is -1.15. The van der Waals surface area contributed by atoms with Gasteiger partial charge >= 0.3 is 5.97 Å². The van der Waals surface area contributed by atoms with E-state index in [1.165, 1.54) is 0 Å². The topological polar surface area (TPSA) is 49.3 Å².